The molecule has 11 nitrogen and oxygen atoms in total. The number of benzene rings is 1. The number of aromatic amines is 1. The van der Waals surface area contributed by atoms with E-state index in [0.29, 0.717) is 11.0 Å². The SMILES string of the molecule is Cn1c(N)c(C(=O)CSc2nc3c(cnn3-c3ccccc3)c(=O)[nH]2)c(=O)n(C)c1=O. The van der Waals surface area contributed by atoms with Crippen molar-refractivity contribution in [3.05, 3.63) is 73.3 Å². The standard InChI is InChI=1S/C19H17N7O4S/c1-24-14(20)13(17(29)25(2)19(24)30)12(27)9-31-18-22-15-11(16(28)23-18)8-21-26(15)10-6-4-3-5-7-10/h3-8H,9,20H2,1-2H3,(H,22,23,28). The third-order valence-corrected chi connectivity index (χ3v) is 5.62. The zero-order valence-electron chi connectivity index (χ0n) is 16.5. The second-order valence-electron chi connectivity index (χ2n) is 6.68. The highest BCUT2D eigenvalue weighted by Crippen LogP contribution is 2.19. The van der Waals surface area contributed by atoms with Crippen molar-refractivity contribution >= 4 is 34.4 Å². The highest BCUT2D eigenvalue weighted by molar-refractivity contribution is 7.99. The van der Waals surface area contributed by atoms with E-state index in [4.69, 9.17) is 5.73 Å². The van der Waals surface area contributed by atoms with Gasteiger partial charge in [0, 0.05) is 14.1 Å². The Morgan fingerprint density at radius 2 is 1.84 bits per heavy atom. The monoisotopic (exact) mass is 439 g/mol. The molecule has 3 aromatic heterocycles. The van der Waals surface area contributed by atoms with Crippen LogP contribution in [0.3, 0.4) is 0 Å². The molecule has 0 unspecified atom stereocenters. The maximum absolute atomic E-state index is 12.7. The van der Waals surface area contributed by atoms with Gasteiger partial charge in [0.1, 0.15) is 16.8 Å². The van der Waals surface area contributed by atoms with Gasteiger partial charge in [-0.05, 0) is 12.1 Å². The number of anilines is 1. The zero-order chi connectivity index (χ0) is 22.3. The van der Waals surface area contributed by atoms with Gasteiger partial charge >= 0.3 is 5.69 Å². The number of nitrogens with zero attached hydrogens (tertiary/aromatic N) is 5. The first kappa shape index (κ1) is 20.3. The molecule has 0 radical (unpaired) electrons. The molecule has 0 spiro atoms. The molecule has 12 heteroatoms. The predicted molar refractivity (Wildman–Crippen MR) is 116 cm³/mol. The zero-order valence-corrected chi connectivity index (χ0v) is 17.3. The van der Waals surface area contributed by atoms with Gasteiger partial charge in [-0.1, -0.05) is 30.0 Å². The van der Waals surface area contributed by atoms with Crippen molar-refractivity contribution in [3.8, 4) is 5.69 Å². The molecule has 0 saturated heterocycles. The second-order valence-corrected chi connectivity index (χ2v) is 7.64. The van der Waals surface area contributed by atoms with E-state index in [-0.39, 0.29) is 22.3 Å². The average molecular weight is 439 g/mol. The van der Waals surface area contributed by atoms with E-state index >= 15 is 0 Å². The van der Waals surface area contributed by atoms with Gasteiger partial charge in [0.15, 0.2) is 16.6 Å². The van der Waals surface area contributed by atoms with E-state index in [1.807, 2.05) is 30.3 Å². The smallest absolute Gasteiger partial charge is 0.332 e. The molecule has 0 aliphatic rings. The molecule has 1 aromatic carbocycles. The lowest BCUT2D eigenvalue weighted by atomic mass is 10.2. The van der Waals surface area contributed by atoms with Crippen molar-refractivity contribution in [1.82, 2.24) is 28.9 Å². The number of hydrogen-bond donors (Lipinski definition) is 2. The van der Waals surface area contributed by atoms with Crippen molar-refractivity contribution in [1.29, 1.82) is 0 Å². The lowest BCUT2D eigenvalue weighted by Crippen LogP contribution is -2.41. The lowest BCUT2D eigenvalue weighted by molar-refractivity contribution is 0.102. The number of carbonyl (C=O) groups is 1. The summed E-state index contributed by atoms with van der Waals surface area (Å²) in [5, 5.41) is 4.71. The molecule has 0 saturated carbocycles. The number of aromatic nitrogens is 6. The average Bonchev–Trinajstić information content (AvgIpc) is 3.20. The minimum atomic E-state index is -0.773. The molecule has 0 bridgehead atoms. The normalized spacial score (nSPS) is 11.2. The van der Waals surface area contributed by atoms with Crippen molar-refractivity contribution in [3.63, 3.8) is 0 Å². The quantitative estimate of drug-likeness (QED) is 0.252. The summed E-state index contributed by atoms with van der Waals surface area (Å²) in [4.78, 5) is 56.4. The number of rotatable bonds is 5. The van der Waals surface area contributed by atoms with Gasteiger partial charge in [-0.2, -0.15) is 5.10 Å². The largest absolute Gasteiger partial charge is 0.384 e. The fourth-order valence-corrected chi connectivity index (χ4v) is 3.78. The summed E-state index contributed by atoms with van der Waals surface area (Å²) in [5.41, 5.74) is 4.80. The van der Waals surface area contributed by atoms with Crippen LogP contribution in [0.15, 0.2) is 56.1 Å². The molecule has 3 N–H and O–H groups in total. The molecule has 158 valence electrons. The van der Waals surface area contributed by atoms with Crippen molar-refractivity contribution in [2.75, 3.05) is 11.5 Å². The number of fused-ring (bicyclic) bond motifs is 1. The van der Waals surface area contributed by atoms with Crippen LogP contribution in [0.1, 0.15) is 10.4 Å². The van der Waals surface area contributed by atoms with Crippen LogP contribution in [0.5, 0.6) is 0 Å². The Kier molecular flexibility index (Phi) is 5.07. The van der Waals surface area contributed by atoms with E-state index in [1.165, 1.54) is 25.0 Å². The molecular weight excluding hydrogens is 422 g/mol. The Balaban J connectivity index is 1.68. The Bertz CT molecular complexity index is 1500. The highest BCUT2D eigenvalue weighted by Gasteiger charge is 2.21. The van der Waals surface area contributed by atoms with Crippen LogP contribution in [-0.4, -0.2) is 40.4 Å². The number of nitrogens with two attached hydrogens (primary N) is 1. The first-order valence-corrected chi connectivity index (χ1v) is 10.0. The van der Waals surface area contributed by atoms with E-state index < -0.39 is 22.6 Å². The van der Waals surface area contributed by atoms with Gasteiger partial charge in [0.25, 0.3) is 11.1 Å². The third-order valence-electron chi connectivity index (χ3n) is 4.75. The topological polar surface area (TPSA) is 151 Å². The number of para-hydroxylation sites is 1. The Labute approximate surface area is 178 Å². The lowest BCUT2D eigenvalue weighted by Gasteiger charge is -2.10. The molecule has 4 rings (SSSR count). The van der Waals surface area contributed by atoms with Crippen molar-refractivity contribution in [2.24, 2.45) is 14.1 Å². The maximum Gasteiger partial charge on any atom is 0.332 e. The highest BCUT2D eigenvalue weighted by atomic mass is 32.2. The summed E-state index contributed by atoms with van der Waals surface area (Å²) < 4.78 is 3.37. The Hall–Kier alpha value is -3.93. The summed E-state index contributed by atoms with van der Waals surface area (Å²) >= 11 is 0.945. The number of nitrogens with one attached hydrogen (secondary N) is 1. The van der Waals surface area contributed by atoms with E-state index in [2.05, 4.69) is 15.1 Å². The summed E-state index contributed by atoms with van der Waals surface area (Å²) in [6.07, 6.45) is 1.42. The summed E-state index contributed by atoms with van der Waals surface area (Å²) in [6, 6.07) is 9.18. The number of thioether (sulfide) groups is 1. The van der Waals surface area contributed by atoms with Crippen LogP contribution < -0.4 is 22.5 Å². The third kappa shape index (κ3) is 3.46. The van der Waals surface area contributed by atoms with Crippen LogP contribution in [0.4, 0.5) is 5.82 Å². The predicted octanol–water partition coefficient (Wildman–Crippen LogP) is 0.0634. The van der Waals surface area contributed by atoms with Crippen LogP contribution in [0, 0.1) is 0 Å². The van der Waals surface area contributed by atoms with Crippen LogP contribution in [0.2, 0.25) is 0 Å². The maximum atomic E-state index is 12.7. The Morgan fingerprint density at radius 1 is 1.13 bits per heavy atom. The van der Waals surface area contributed by atoms with Crippen LogP contribution >= 0.6 is 11.8 Å². The molecule has 0 amide bonds. The molecule has 0 aliphatic carbocycles. The first-order valence-electron chi connectivity index (χ1n) is 9.04. The first-order chi connectivity index (χ1) is 14.8. The molecular formula is C19H17N7O4S. The Morgan fingerprint density at radius 3 is 2.55 bits per heavy atom. The number of hydrogen-bond acceptors (Lipinski definition) is 8. The van der Waals surface area contributed by atoms with Crippen LogP contribution in [0.25, 0.3) is 16.7 Å². The van der Waals surface area contributed by atoms with Crippen LogP contribution in [-0.2, 0) is 14.1 Å². The van der Waals surface area contributed by atoms with E-state index in [1.54, 1.807) is 0 Å². The molecule has 31 heavy (non-hydrogen) atoms. The number of nitrogen functional groups attached to an aromatic ring is 1. The molecule has 0 atom stereocenters. The fourth-order valence-electron chi connectivity index (χ4n) is 3.05. The molecule has 0 fully saturated rings. The summed E-state index contributed by atoms with van der Waals surface area (Å²) in [7, 11) is 2.64. The summed E-state index contributed by atoms with van der Waals surface area (Å²) in [5.74, 6) is -1.01. The minimum Gasteiger partial charge on any atom is -0.384 e. The van der Waals surface area contributed by atoms with Crippen molar-refractivity contribution in [2.45, 2.75) is 5.16 Å². The second kappa shape index (κ2) is 7.72. The molecule has 4 aromatic rings. The van der Waals surface area contributed by atoms with Gasteiger partial charge in [-0.25, -0.2) is 14.5 Å². The van der Waals surface area contributed by atoms with E-state index in [9.17, 15) is 19.2 Å². The van der Waals surface area contributed by atoms with Gasteiger partial charge in [0.05, 0.1) is 17.6 Å². The van der Waals surface area contributed by atoms with Crippen molar-refractivity contribution < 1.29 is 4.79 Å². The minimum absolute atomic E-state index is 0.184. The molecule has 3 heterocycles. The summed E-state index contributed by atoms with van der Waals surface area (Å²) in [6.45, 7) is 0. The van der Waals surface area contributed by atoms with Gasteiger partial charge in [0.2, 0.25) is 0 Å². The number of H-pyrrole nitrogens is 1. The number of ketones is 1. The fraction of sp³-hybridized carbons (Fsp3) is 0.158. The molecule has 0 aliphatic heterocycles. The van der Waals surface area contributed by atoms with Gasteiger partial charge in [-0.3, -0.25) is 23.5 Å². The van der Waals surface area contributed by atoms with E-state index in [0.717, 1.165) is 26.6 Å². The number of carbonyl (C=O) groups excluding carboxylic acids is 1. The number of Topliss-reactive ketones (excluding diaryl/α,β-unsaturated/α-hetero) is 1. The van der Waals surface area contributed by atoms with Gasteiger partial charge in [-0.15, -0.1) is 0 Å². The van der Waals surface area contributed by atoms with Gasteiger partial charge < -0.3 is 10.7 Å².